The second-order valence-electron chi connectivity index (χ2n) is 8.24. The second-order valence-corrected chi connectivity index (χ2v) is 8.24. The number of rotatable bonds is 6. The Morgan fingerprint density at radius 2 is 1.91 bits per heavy atom. The lowest BCUT2D eigenvalue weighted by atomic mass is 10.0. The molecule has 0 radical (unpaired) electrons. The van der Waals surface area contributed by atoms with Crippen LogP contribution in [0.5, 0.6) is 0 Å². The van der Waals surface area contributed by atoms with Crippen LogP contribution in [0, 0.1) is 5.82 Å². The number of nitrogens with one attached hydrogen (secondary N) is 1. The van der Waals surface area contributed by atoms with Crippen LogP contribution in [0.4, 0.5) is 16.0 Å². The highest BCUT2D eigenvalue weighted by molar-refractivity contribution is 5.78. The van der Waals surface area contributed by atoms with Crippen LogP contribution in [0.2, 0.25) is 0 Å². The van der Waals surface area contributed by atoms with Crippen molar-refractivity contribution in [3.63, 3.8) is 0 Å². The molecule has 0 saturated carbocycles. The van der Waals surface area contributed by atoms with Gasteiger partial charge in [-0.25, -0.2) is 8.91 Å². The predicted octanol–water partition coefficient (Wildman–Crippen LogP) is 4.16. The van der Waals surface area contributed by atoms with Gasteiger partial charge in [0.2, 0.25) is 5.95 Å². The van der Waals surface area contributed by atoms with Gasteiger partial charge in [0.1, 0.15) is 5.82 Å². The lowest BCUT2D eigenvalue weighted by molar-refractivity contribution is 0.0337. The Bertz CT molecular complexity index is 1250. The molecule has 4 aromatic rings. The van der Waals surface area contributed by atoms with Crippen LogP contribution in [0.1, 0.15) is 24.2 Å². The number of anilines is 2. The zero-order valence-corrected chi connectivity index (χ0v) is 18.4. The first kappa shape index (κ1) is 21.5. The summed E-state index contributed by atoms with van der Waals surface area (Å²) in [5, 5.41) is 17.4. The summed E-state index contributed by atoms with van der Waals surface area (Å²) in [6.45, 7) is 5.32. The fraction of sp³-hybridized carbons (Fsp3) is 0.280. The van der Waals surface area contributed by atoms with Crippen LogP contribution < -0.4 is 5.32 Å². The Labute approximate surface area is 191 Å². The van der Waals surface area contributed by atoms with Crippen LogP contribution in [0.15, 0.2) is 60.8 Å². The van der Waals surface area contributed by atoms with Gasteiger partial charge in [-0.3, -0.25) is 4.90 Å². The first-order valence-corrected chi connectivity index (χ1v) is 11.1. The average molecular weight is 448 g/mol. The summed E-state index contributed by atoms with van der Waals surface area (Å²) < 4.78 is 22.0. The van der Waals surface area contributed by atoms with Gasteiger partial charge in [-0.15, -0.1) is 5.10 Å². The molecule has 33 heavy (non-hydrogen) atoms. The van der Waals surface area contributed by atoms with E-state index in [0.29, 0.717) is 36.9 Å². The molecule has 0 aliphatic carbocycles. The van der Waals surface area contributed by atoms with Crippen molar-refractivity contribution in [2.45, 2.75) is 19.6 Å². The number of nitrogens with zero attached hydrogens (tertiary/aromatic N) is 4. The summed E-state index contributed by atoms with van der Waals surface area (Å²) in [6, 6.07) is 16.6. The molecule has 3 heterocycles. The molecule has 1 aliphatic heterocycles. The van der Waals surface area contributed by atoms with Crippen LogP contribution in [0.25, 0.3) is 16.8 Å². The number of ether oxygens (including phenoxy) is 1. The minimum absolute atomic E-state index is 0.225. The molecule has 1 saturated heterocycles. The number of hydrogen-bond donors (Lipinski definition) is 2. The van der Waals surface area contributed by atoms with Crippen molar-refractivity contribution in [2.75, 3.05) is 31.6 Å². The predicted molar refractivity (Wildman–Crippen MR) is 125 cm³/mol. The van der Waals surface area contributed by atoms with Gasteiger partial charge in [0.25, 0.3) is 0 Å². The van der Waals surface area contributed by atoms with Gasteiger partial charge in [-0.2, -0.15) is 4.98 Å². The number of pyridine rings is 1. The van der Waals surface area contributed by atoms with Gasteiger partial charge < -0.3 is 15.2 Å². The first-order valence-electron chi connectivity index (χ1n) is 11.1. The Balaban J connectivity index is 1.39. The number of morpholine rings is 1. The smallest absolute Gasteiger partial charge is 0.247 e. The number of aliphatic hydroxyl groups is 1. The maximum absolute atomic E-state index is 14.9. The van der Waals surface area contributed by atoms with Crippen molar-refractivity contribution in [1.82, 2.24) is 19.5 Å². The van der Waals surface area contributed by atoms with Crippen molar-refractivity contribution in [3.8, 4) is 11.1 Å². The lowest BCUT2D eigenvalue weighted by Gasteiger charge is -2.26. The fourth-order valence-corrected chi connectivity index (χ4v) is 4.00. The Kier molecular flexibility index (Phi) is 6.04. The molecule has 1 unspecified atom stereocenters. The third-order valence-corrected chi connectivity index (χ3v) is 5.87. The van der Waals surface area contributed by atoms with Gasteiger partial charge in [0.15, 0.2) is 5.65 Å². The molecule has 1 aliphatic rings. The number of aliphatic hydroxyl groups excluding tert-OH is 1. The number of fused-ring (bicyclic) bond motifs is 1. The van der Waals surface area contributed by atoms with Gasteiger partial charge in [-0.1, -0.05) is 24.3 Å². The monoisotopic (exact) mass is 447 g/mol. The highest BCUT2D eigenvalue weighted by Crippen LogP contribution is 2.27. The number of hydrogen-bond acceptors (Lipinski definition) is 6. The van der Waals surface area contributed by atoms with Crippen LogP contribution >= 0.6 is 0 Å². The summed E-state index contributed by atoms with van der Waals surface area (Å²) in [6.07, 6.45) is 1.30. The molecular formula is C25H26FN5O2. The van der Waals surface area contributed by atoms with Crippen molar-refractivity contribution in [3.05, 3.63) is 77.7 Å². The average Bonchev–Trinajstić information content (AvgIpc) is 3.24. The van der Waals surface area contributed by atoms with E-state index < -0.39 is 6.10 Å². The molecular weight excluding hydrogens is 421 g/mol. The Morgan fingerprint density at radius 1 is 1.12 bits per heavy atom. The normalized spacial score (nSPS) is 15.6. The van der Waals surface area contributed by atoms with Gasteiger partial charge in [0.05, 0.1) is 19.3 Å². The Morgan fingerprint density at radius 3 is 2.64 bits per heavy atom. The molecule has 2 aromatic heterocycles. The van der Waals surface area contributed by atoms with E-state index in [4.69, 9.17) is 4.74 Å². The van der Waals surface area contributed by atoms with E-state index in [1.165, 1.54) is 0 Å². The minimum atomic E-state index is -0.518. The second kappa shape index (κ2) is 9.27. The molecule has 0 spiro atoms. The molecule has 8 heteroatoms. The molecule has 1 fully saturated rings. The molecule has 2 N–H and O–H groups in total. The zero-order valence-electron chi connectivity index (χ0n) is 18.4. The van der Waals surface area contributed by atoms with Crippen molar-refractivity contribution >= 4 is 17.3 Å². The zero-order chi connectivity index (χ0) is 22.8. The van der Waals surface area contributed by atoms with E-state index in [1.807, 2.05) is 54.7 Å². The van der Waals surface area contributed by atoms with E-state index in [0.717, 1.165) is 35.5 Å². The molecule has 2 aromatic carbocycles. The molecule has 1 atom stereocenters. The fourth-order valence-electron chi connectivity index (χ4n) is 4.00. The van der Waals surface area contributed by atoms with E-state index in [1.54, 1.807) is 17.5 Å². The maximum Gasteiger partial charge on any atom is 0.247 e. The summed E-state index contributed by atoms with van der Waals surface area (Å²) in [5.74, 6) is 0.216. The summed E-state index contributed by atoms with van der Waals surface area (Å²) >= 11 is 0. The quantitative estimate of drug-likeness (QED) is 0.462. The van der Waals surface area contributed by atoms with Gasteiger partial charge in [0, 0.05) is 42.6 Å². The molecule has 170 valence electrons. The van der Waals surface area contributed by atoms with E-state index in [2.05, 4.69) is 20.3 Å². The summed E-state index contributed by atoms with van der Waals surface area (Å²) in [7, 11) is 0. The molecule has 5 rings (SSSR count). The van der Waals surface area contributed by atoms with Gasteiger partial charge >= 0.3 is 0 Å². The minimum Gasteiger partial charge on any atom is -0.389 e. The topological polar surface area (TPSA) is 74.9 Å². The van der Waals surface area contributed by atoms with Gasteiger partial charge in [-0.05, 0) is 48.4 Å². The van der Waals surface area contributed by atoms with Crippen molar-refractivity contribution in [1.29, 1.82) is 0 Å². The Hall–Kier alpha value is -3.33. The molecule has 0 amide bonds. The number of aromatic nitrogens is 3. The highest BCUT2D eigenvalue weighted by Gasteiger charge is 2.15. The number of benzene rings is 2. The van der Waals surface area contributed by atoms with E-state index in [9.17, 15) is 9.50 Å². The third kappa shape index (κ3) is 4.73. The third-order valence-electron chi connectivity index (χ3n) is 5.87. The SMILES string of the molecule is CC(O)c1ccc(Nc2nc3c(-c4ccc(CN5CCOCC5)c(F)c4)cccn3n2)cc1. The van der Waals surface area contributed by atoms with Crippen LogP contribution in [-0.4, -0.2) is 50.9 Å². The van der Waals surface area contributed by atoms with Crippen molar-refractivity contribution < 1.29 is 14.2 Å². The maximum atomic E-state index is 14.9. The van der Waals surface area contributed by atoms with E-state index >= 15 is 0 Å². The number of halogens is 1. The molecule has 0 bridgehead atoms. The van der Waals surface area contributed by atoms with E-state index in [-0.39, 0.29) is 5.82 Å². The molecule has 7 nitrogen and oxygen atoms in total. The standard InChI is InChI=1S/C25H26FN5O2/c1-17(32)18-6-8-21(9-7-18)27-25-28-24-22(3-2-10-31(24)29-25)19-4-5-20(23(26)15-19)16-30-11-13-33-14-12-30/h2-10,15,17,32H,11-14,16H2,1H3,(H,27,29). The first-order chi connectivity index (χ1) is 16.1. The lowest BCUT2D eigenvalue weighted by Crippen LogP contribution is -2.35. The summed E-state index contributed by atoms with van der Waals surface area (Å²) in [5.41, 5.74) is 4.53. The van der Waals surface area contributed by atoms with Crippen LogP contribution in [-0.2, 0) is 11.3 Å². The van der Waals surface area contributed by atoms with Crippen molar-refractivity contribution in [2.24, 2.45) is 0 Å². The van der Waals surface area contributed by atoms with Crippen LogP contribution in [0.3, 0.4) is 0 Å². The largest absolute Gasteiger partial charge is 0.389 e. The highest BCUT2D eigenvalue weighted by atomic mass is 19.1. The summed E-state index contributed by atoms with van der Waals surface area (Å²) in [4.78, 5) is 6.84.